The van der Waals surface area contributed by atoms with Crippen LogP contribution in [0.3, 0.4) is 0 Å². The van der Waals surface area contributed by atoms with Gasteiger partial charge in [-0.2, -0.15) is 0 Å². The molecule has 1 aromatic rings. The molecule has 1 saturated heterocycles. The third-order valence-corrected chi connectivity index (χ3v) is 6.08. The molecule has 4 rings (SSSR count). The van der Waals surface area contributed by atoms with Crippen molar-refractivity contribution in [2.45, 2.75) is 33.2 Å². The molecule has 7 nitrogen and oxygen atoms in total. The summed E-state index contributed by atoms with van der Waals surface area (Å²) in [4.78, 5) is 51.1. The number of imide groups is 1. The van der Waals surface area contributed by atoms with E-state index < -0.39 is 24.5 Å². The van der Waals surface area contributed by atoms with Crippen molar-refractivity contribution in [2.75, 3.05) is 11.9 Å². The predicted octanol–water partition coefficient (Wildman–Crippen LogP) is 1.98. The molecule has 0 spiro atoms. The lowest BCUT2D eigenvalue weighted by Crippen LogP contribution is -2.45. The number of nitrogens with one attached hydrogen (secondary N) is 1. The van der Waals surface area contributed by atoms with Gasteiger partial charge in [0.15, 0.2) is 6.61 Å². The Morgan fingerprint density at radius 1 is 1.07 bits per heavy atom. The van der Waals surface area contributed by atoms with Gasteiger partial charge in [-0.1, -0.05) is 18.2 Å². The van der Waals surface area contributed by atoms with Gasteiger partial charge in [-0.15, -0.1) is 0 Å². The van der Waals surface area contributed by atoms with E-state index in [2.05, 4.69) is 5.32 Å². The monoisotopic (exact) mass is 396 g/mol. The topological polar surface area (TPSA) is 92.8 Å². The van der Waals surface area contributed by atoms with E-state index in [9.17, 15) is 19.2 Å². The van der Waals surface area contributed by atoms with Gasteiger partial charge in [0.05, 0.1) is 11.8 Å². The van der Waals surface area contributed by atoms with Crippen molar-refractivity contribution >= 4 is 29.4 Å². The van der Waals surface area contributed by atoms with Gasteiger partial charge in [-0.3, -0.25) is 19.3 Å². The number of fused-ring (bicyclic) bond motifs is 5. The lowest BCUT2D eigenvalue weighted by atomic mass is 9.85. The van der Waals surface area contributed by atoms with Gasteiger partial charge in [0.25, 0.3) is 5.91 Å². The zero-order chi connectivity index (χ0) is 20.9. The Kier molecular flexibility index (Phi) is 4.76. The molecule has 3 amide bonds. The number of ether oxygens (including phenoxy) is 1. The molecular formula is C22H24N2O5. The van der Waals surface area contributed by atoms with Crippen LogP contribution in [0, 0.1) is 37.5 Å². The molecule has 1 aromatic carbocycles. The van der Waals surface area contributed by atoms with Gasteiger partial charge in [-0.25, -0.2) is 4.79 Å². The molecule has 2 fully saturated rings. The van der Waals surface area contributed by atoms with Crippen LogP contribution >= 0.6 is 0 Å². The molecule has 1 saturated carbocycles. The number of hydrogen-bond donors (Lipinski definition) is 1. The molecule has 0 aromatic heterocycles. The number of esters is 1. The van der Waals surface area contributed by atoms with Crippen molar-refractivity contribution < 1.29 is 23.9 Å². The number of anilines is 1. The summed E-state index contributed by atoms with van der Waals surface area (Å²) in [6.07, 6.45) is 4.83. The van der Waals surface area contributed by atoms with Crippen LogP contribution in [-0.4, -0.2) is 41.2 Å². The second-order valence-electron chi connectivity index (χ2n) is 8.25. The minimum absolute atomic E-state index is 0.0817. The Morgan fingerprint density at radius 3 is 2.17 bits per heavy atom. The maximum Gasteiger partial charge on any atom is 0.329 e. The fraction of sp³-hybridized carbons (Fsp3) is 0.455. The Labute approximate surface area is 169 Å². The van der Waals surface area contributed by atoms with E-state index >= 15 is 0 Å². The molecule has 1 heterocycles. The predicted molar refractivity (Wildman–Crippen MR) is 105 cm³/mol. The minimum atomic E-state index is -1.05. The second kappa shape index (κ2) is 7.13. The number of aryl methyl sites for hydroxylation is 2. The average molecular weight is 396 g/mol. The summed E-state index contributed by atoms with van der Waals surface area (Å²) in [6, 6.07) is 4.57. The number of hydrogen-bond acceptors (Lipinski definition) is 5. The maximum atomic E-state index is 12.8. The van der Waals surface area contributed by atoms with Crippen LogP contribution in [0.25, 0.3) is 0 Å². The number of benzene rings is 1. The van der Waals surface area contributed by atoms with Gasteiger partial charge >= 0.3 is 5.97 Å². The molecule has 3 aliphatic rings. The van der Waals surface area contributed by atoms with Crippen LogP contribution in [0.4, 0.5) is 5.69 Å². The number of amides is 3. The number of nitrogens with zero attached hydrogens (tertiary/aromatic N) is 1. The Morgan fingerprint density at radius 2 is 1.62 bits per heavy atom. The highest BCUT2D eigenvalue weighted by Crippen LogP contribution is 2.52. The van der Waals surface area contributed by atoms with E-state index in [1.807, 2.05) is 44.2 Å². The van der Waals surface area contributed by atoms with E-state index in [1.54, 1.807) is 0 Å². The molecule has 7 heteroatoms. The van der Waals surface area contributed by atoms with Crippen LogP contribution in [-0.2, 0) is 23.9 Å². The quantitative estimate of drug-likeness (QED) is 0.467. The molecule has 0 unspecified atom stereocenters. The van der Waals surface area contributed by atoms with Gasteiger partial charge < -0.3 is 10.1 Å². The highest BCUT2D eigenvalue weighted by molar-refractivity contribution is 6.09. The van der Waals surface area contributed by atoms with Crippen molar-refractivity contribution in [3.8, 4) is 0 Å². The van der Waals surface area contributed by atoms with Crippen molar-refractivity contribution in [1.29, 1.82) is 0 Å². The fourth-order valence-corrected chi connectivity index (χ4v) is 4.91. The largest absolute Gasteiger partial charge is 0.454 e. The van der Waals surface area contributed by atoms with Crippen LogP contribution in [0.15, 0.2) is 30.4 Å². The number of rotatable bonds is 5. The zero-order valence-corrected chi connectivity index (χ0v) is 16.7. The first-order valence-corrected chi connectivity index (χ1v) is 9.86. The van der Waals surface area contributed by atoms with Crippen LogP contribution in [0.5, 0.6) is 0 Å². The zero-order valence-electron chi connectivity index (χ0n) is 16.7. The van der Waals surface area contributed by atoms with E-state index in [4.69, 9.17) is 4.74 Å². The summed E-state index contributed by atoms with van der Waals surface area (Å²) in [5.74, 6) is -2.41. The number of likely N-dealkylation sites (tertiary alicyclic amines) is 1. The van der Waals surface area contributed by atoms with Crippen molar-refractivity contribution in [3.63, 3.8) is 0 Å². The SMILES string of the molecule is Cc1cc(C)cc(NC(=O)COC(=O)[C@H](C)N2C(=O)[C@@H]3[C@H](C2=O)[C@H]2C=C[C@H]3C2)c1. The van der Waals surface area contributed by atoms with Gasteiger partial charge in [-0.05, 0) is 62.3 Å². The van der Waals surface area contributed by atoms with E-state index in [0.717, 1.165) is 22.4 Å². The lowest BCUT2D eigenvalue weighted by molar-refractivity contribution is -0.159. The van der Waals surface area contributed by atoms with Crippen LogP contribution < -0.4 is 5.32 Å². The number of allylic oxidation sites excluding steroid dienone is 2. The van der Waals surface area contributed by atoms with E-state index in [0.29, 0.717) is 5.69 Å². The summed E-state index contributed by atoms with van der Waals surface area (Å²) in [5, 5.41) is 2.69. The summed E-state index contributed by atoms with van der Waals surface area (Å²) in [5.41, 5.74) is 2.63. The first-order valence-electron chi connectivity index (χ1n) is 9.86. The number of carbonyl (C=O) groups is 4. The molecule has 1 aliphatic heterocycles. The van der Waals surface area contributed by atoms with Gasteiger partial charge in [0.2, 0.25) is 11.8 Å². The Hall–Kier alpha value is -2.96. The molecule has 0 radical (unpaired) electrons. The van der Waals surface area contributed by atoms with E-state index in [1.165, 1.54) is 6.92 Å². The standard InChI is InChI=1S/C22H24N2O5/c1-11-6-12(2)8-16(7-11)23-17(25)10-29-22(28)13(3)24-20(26)18-14-4-5-15(9-14)19(18)21(24)27/h4-8,13-15,18-19H,9-10H2,1-3H3,(H,23,25)/t13-,14-,15-,18-,19+/m0/s1. The van der Waals surface area contributed by atoms with Crippen LogP contribution in [0.2, 0.25) is 0 Å². The first kappa shape index (κ1) is 19.4. The fourth-order valence-electron chi connectivity index (χ4n) is 4.91. The molecule has 2 aliphatic carbocycles. The minimum Gasteiger partial charge on any atom is -0.454 e. The molecule has 29 heavy (non-hydrogen) atoms. The third-order valence-electron chi connectivity index (χ3n) is 6.08. The average Bonchev–Trinajstić information content (AvgIpc) is 3.32. The Bertz CT molecular complexity index is 887. The first-order chi connectivity index (χ1) is 13.8. The summed E-state index contributed by atoms with van der Waals surface area (Å²) >= 11 is 0. The molecule has 1 N–H and O–H groups in total. The summed E-state index contributed by atoms with van der Waals surface area (Å²) < 4.78 is 5.09. The lowest BCUT2D eigenvalue weighted by Gasteiger charge is -2.23. The normalized spacial score (nSPS) is 27.9. The number of carbonyl (C=O) groups excluding carboxylic acids is 4. The van der Waals surface area contributed by atoms with Gasteiger partial charge in [0.1, 0.15) is 6.04 Å². The Balaban J connectivity index is 1.35. The molecule has 2 bridgehead atoms. The summed E-state index contributed by atoms with van der Waals surface area (Å²) in [7, 11) is 0. The van der Waals surface area contributed by atoms with E-state index in [-0.39, 0.29) is 35.5 Å². The highest BCUT2D eigenvalue weighted by Gasteiger charge is 2.60. The molecular weight excluding hydrogens is 372 g/mol. The summed E-state index contributed by atoms with van der Waals surface area (Å²) in [6.45, 7) is 4.83. The van der Waals surface area contributed by atoms with Crippen molar-refractivity contribution in [3.05, 3.63) is 41.5 Å². The molecule has 152 valence electrons. The highest BCUT2D eigenvalue weighted by atomic mass is 16.5. The molecule has 5 atom stereocenters. The van der Waals surface area contributed by atoms with Gasteiger partial charge in [0, 0.05) is 5.69 Å². The van der Waals surface area contributed by atoms with Crippen molar-refractivity contribution in [2.24, 2.45) is 23.7 Å². The van der Waals surface area contributed by atoms with Crippen molar-refractivity contribution in [1.82, 2.24) is 4.90 Å². The maximum absolute atomic E-state index is 12.8. The third kappa shape index (κ3) is 3.34. The second-order valence-corrected chi connectivity index (χ2v) is 8.25. The van der Waals surface area contributed by atoms with Crippen LogP contribution in [0.1, 0.15) is 24.5 Å². The smallest absolute Gasteiger partial charge is 0.329 e.